The lowest BCUT2D eigenvalue weighted by Gasteiger charge is -2.36. The summed E-state index contributed by atoms with van der Waals surface area (Å²) in [4.78, 5) is 16.9. The monoisotopic (exact) mass is 354 g/mol. The van der Waals surface area contributed by atoms with Gasteiger partial charge in [0.15, 0.2) is 11.5 Å². The maximum absolute atomic E-state index is 12.6. The molecule has 5 nitrogen and oxygen atoms in total. The van der Waals surface area contributed by atoms with Crippen molar-refractivity contribution < 1.29 is 14.3 Å². The molecule has 138 valence electrons. The van der Waals surface area contributed by atoms with E-state index in [1.54, 1.807) is 14.2 Å². The van der Waals surface area contributed by atoms with Gasteiger partial charge in [-0.15, -0.1) is 0 Å². The van der Waals surface area contributed by atoms with Gasteiger partial charge in [-0.25, -0.2) is 0 Å². The number of anilines is 1. The summed E-state index contributed by atoms with van der Waals surface area (Å²) in [6.45, 7) is 3.28. The number of para-hydroxylation sites is 2. The number of carbonyl (C=O) groups is 1. The summed E-state index contributed by atoms with van der Waals surface area (Å²) in [5, 5.41) is 0. The largest absolute Gasteiger partial charge is 0.493 e. The zero-order valence-corrected chi connectivity index (χ0v) is 15.5. The van der Waals surface area contributed by atoms with Crippen molar-refractivity contribution in [2.75, 3.05) is 45.3 Å². The molecular formula is C21H26N2O3. The topological polar surface area (TPSA) is 42.0 Å². The van der Waals surface area contributed by atoms with E-state index in [0.29, 0.717) is 18.6 Å². The Hall–Kier alpha value is -2.69. The number of hydrogen-bond acceptors (Lipinski definition) is 4. The Labute approximate surface area is 155 Å². The molecule has 0 bridgehead atoms. The van der Waals surface area contributed by atoms with Crippen LogP contribution in [0.15, 0.2) is 48.5 Å². The Morgan fingerprint density at radius 3 is 2.31 bits per heavy atom. The zero-order chi connectivity index (χ0) is 18.4. The lowest BCUT2D eigenvalue weighted by Crippen LogP contribution is -2.48. The first-order chi connectivity index (χ1) is 12.7. The molecule has 1 amide bonds. The summed E-state index contributed by atoms with van der Waals surface area (Å²) in [5.41, 5.74) is 2.23. The van der Waals surface area contributed by atoms with Crippen LogP contribution in [0.3, 0.4) is 0 Å². The molecule has 3 rings (SSSR count). The smallest absolute Gasteiger partial charge is 0.223 e. The number of benzene rings is 2. The van der Waals surface area contributed by atoms with Gasteiger partial charge in [-0.2, -0.15) is 0 Å². The number of hydrogen-bond donors (Lipinski definition) is 0. The van der Waals surface area contributed by atoms with Crippen LogP contribution in [0.4, 0.5) is 5.69 Å². The lowest BCUT2D eigenvalue weighted by molar-refractivity contribution is -0.131. The first kappa shape index (κ1) is 18.1. The maximum atomic E-state index is 12.6. The molecule has 0 atom stereocenters. The predicted molar refractivity (Wildman–Crippen MR) is 103 cm³/mol. The number of rotatable bonds is 6. The normalized spacial score (nSPS) is 14.2. The number of carbonyl (C=O) groups excluding carboxylic acids is 1. The molecule has 1 heterocycles. The van der Waals surface area contributed by atoms with Crippen LogP contribution in [0, 0.1) is 0 Å². The fraction of sp³-hybridized carbons (Fsp3) is 0.381. The van der Waals surface area contributed by atoms with Gasteiger partial charge in [-0.05, 0) is 30.2 Å². The van der Waals surface area contributed by atoms with Crippen molar-refractivity contribution in [2.24, 2.45) is 0 Å². The zero-order valence-electron chi connectivity index (χ0n) is 15.5. The van der Waals surface area contributed by atoms with Crippen LogP contribution >= 0.6 is 0 Å². The summed E-state index contributed by atoms with van der Waals surface area (Å²) in [6.07, 6.45) is 1.13. The molecule has 0 saturated carbocycles. The Morgan fingerprint density at radius 1 is 0.923 bits per heavy atom. The van der Waals surface area contributed by atoms with E-state index < -0.39 is 0 Å². The highest BCUT2D eigenvalue weighted by molar-refractivity contribution is 5.77. The van der Waals surface area contributed by atoms with E-state index in [4.69, 9.17) is 9.47 Å². The second-order valence-corrected chi connectivity index (χ2v) is 6.36. The summed E-state index contributed by atoms with van der Waals surface area (Å²) in [6, 6.07) is 16.1. The Morgan fingerprint density at radius 2 is 1.65 bits per heavy atom. The molecular weight excluding hydrogens is 328 g/mol. The van der Waals surface area contributed by atoms with Gasteiger partial charge in [0.05, 0.1) is 14.2 Å². The third-order valence-corrected chi connectivity index (χ3v) is 4.85. The average molecular weight is 354 g/mol. The van der Waals surface area contributed by atoms with Crippen molar-refractivity contribution >= 4 is 11.6 Å². The highest BCUT2D eigenvalue weighted by Crippen LogP contribution is 2.31. The van der Waals surface area contributed by atoms with Crippen LogP contribution in [0.25, 0.3) is 0 Å². The lowest BCUT2D eigenvalue weighted by atomic mass is 10.1. The number of ether oxygens (including phenoxy) is 2. The molecule has 1 saturated heterocycles. The SMILES string of the molecule is COc1cccc(CCC(=O)N2CCN(c3ccccc3)CC2)c1OC. The molecule has 1 fully saturated rings. The third-order valence-electron chi connectivity index (χ3n) is 4.85. The molecule has 1 aliphatic rings. The Bertz CT molecular complexity index is 725. The summed E-state index contributed by atoms with van der Waals surface area (Å²) in [5.74, 6) is 1.62. The van der Waals surface area contributed by atoms with E-state index in [-0.39, 0.29) is 5.91 Å². The summed E-state index contributed by atoms with van der Waals surface area (Å²) >= 11 is 0. The van der Waals surface area contributed by atoms with Gasteiger partial charge in [0.1, 0.15) is 0 Å². The van der Waals surface area contributed by atoms with Gasteiger partial charge in [-0.3, -0.25) is 4.79 Å². The molecule has 5 heteroatoms. The molecule has 0 radical (unpaired) electrons. The van der Waals surface area contributed by atoms with Crippen LogP contribution < -0.4 is 14.4 Å². The first-order valence-electron chi connectivity index (χ1n) is 9.00. The van der Waals surface area contributed by atoms with E-state index in [1.165, 1.54) is 5.69 Å². The van der Waals surface area contributed by atoms with Gasteiger partial charge < -0.3 is 19.3 Å². The van der Waals surface area contributed by atoms with Crippen LogP contribution in [0.5, 0.6) is 11.5 Å². The number of amides is 1. The first-order valence-corrected chi connectivity index (χ1v) is 9.00. The maximum Gasteiger partial charge on any atom is 0.223 e. The molecule has 2 aromatic rings. The minimum absolute atomic E-state index is 0.197. The van der Waals surface area contributed by atoms with E-state index in [2.05, 4.69) is 17.0 Å². The Balaban J connectivity index is 1.54. The molecule has 0 N–H and O–H groups in total. The second-order valence-electron chi connectivity index (χ2n) is 6.36. The van der Waals surface area contributed by atoms with Crippen molar-refractivity contribution in [3.05, 3.63) is 54.1 Å². The van der Waals surface area contributed by atoms with E-state index >= 15 is 0 Å². The van der Waals surface area contributed by atoms with Crippen molar-refractivity contribution in [3.8, 4) is 11.5 Å². The van der Waals surface area contributed by atoms with Gasteiger partial charge in [0.25, 0.3) is 0 Å². The standard InChI is InChI=1S/C21H26N2O3/c1-25-19-10-6-7-17(21(19)26-2)11-12-20(24)23-15-13-22(14-16-23)18-8-4-3-5-9-18/h3-10H,11-16H2,1-2H3. The van der Waals surface area contributed by atoms with Crippen molar-refractivity contribution in [1.82, 2.24) is 4.90 Å². The molecule has 2 aromatic carbocycles. The van der Waals surface area contributed by atoms with Crippen LogP contribution in [-0.4, -0.2) is 51.2 Å². The predicted octanol–water partition coefficient (Wildman–Crippen LogP) is 2.99. The minimum Gasteiger partial charge on any atom is -0.493 e. The quantitative estimate of drug-likeness (QED) is 0.800. The molecule has 0 aliphatic carbocycles. The number of aryl methyl sites for hydroxylation is 1. The summed E-state index contributed by atoms with van der Waals surface area (Å²) < 4.78 is 10.8. The molecule has 0 unspecified atom stereocenters. The van der Waals surface area contributed by atoms with E-state index in [9.17, 15) is 4.79 Å². The van der Waals surface area contributed by atoms with Crippen LogP contribution in [0.2, 0.25) is 0 Å². The number of piperazine rings is 1. The van der Waals surface area contributed by atoms with Crippen LogP contribution in [0.1, 0.15) is 12.0 Å². The third kappa shape index (κ3) is 4.10. The molecule has 1 aliphatic heterocycles. The summed E-state index contributed by atoms with van der Waals surface area (Å²) in [7, 11) is 3.25. The molecule has 0 aromatic heterocycles. The van der Waals surface area contributed by atoms with E-state index in [0.717, 1.165) is 37.5 Å². The minimum atomic E-state index is 0.197. The van der Waals surface area contributed by atoms with Gasteiger partial charge in [-0.1, -0.05) is 30.3 Å². The fourth-order valence-electron chi connectivity index (χ4n) is 3.40. The van der Waals surface area contributed by atoms with Crippen LogP contribution in [-0.2, 0) is 11.2 Å². The highest BCUT2D eigenvalue weighted by Gasteiger charge is 2.21. The number of nitrogens with zero attached hydrogens (tertiary/aromatic N) is 2. The van der Waals surface area contributed by atoms with Crippen molar-refractivity contribution in [3.63, 3.8) is 0 Å². The number of methoxy groups -OCH3 is 2. The van der Waals surface area contributed by atoms with Gasteiger partial charge in [0.2, 0.25) is 5.91 Å². The molecule has 0 spiro atoms. The second kappa shape index (κ2) is 8.61. The fourth-order valence-corrected chi connectivity index (χ4v) is 3.40. The highest BCUT2D eigenvalue weighted by atomic mass is 16.5. The van der Waals surface area contributed by atoms with E-state index in [1.807, 2.05) is 41.3 Å². The van der Waals surface area contributed by atoms with Gasteiger partial charge >= 0.3 is 0 Å². The Kier molecular flexibility index (Phi) is 6.00. The van der Waals surface area contributed by atoms with Crippen molar-refractivity contribution in [2.45, 2.75) is 12.8 Å². The van der Waals surface area contributed by atoms with Crippen molar-refractivity contribution in [1.29, 1.82) is 0 Å². The molecule has 26 heavy (non-hydrogen) atoms. The van der Waals surface area contributed by atoms with Gasteiger partial charge in [0, 0.05) is 38.3 Å². The average Bonchev–Trinajstić information content (AvgIpc) is 2.72.